The Bertz CT molecular complexity index is 413. The maximum Gasteiger partial charge on any atom is 0.317 e. The number of rotatable bonds is 6. The summed E-state index contributed by atoms with van der Waals surface area (Å²) in [5, 5.41) is 0. The smallest absolute Gasteiger partial charge is 0.317 e. The van der Waals surface area contributed by atoms with Crippen LogP contribution in [0.25, 0.3) is 0 Å². The summed E-state index contributed by atoms with van der Waals surface area (Å²) in [6.07, 6.45) is 3.48. The standard InChI is InChI=1S/C14H16O4/c1-16-10-17-9-5-8-12-13(18-14(12)15)11-6-3-2-4-7-11/h2-8,12-13H,9-10H2,1H3/b8-5+. The molecule has 96 valence electrons. The van der Waals surface area contributed by atoms with E-state index in [1.165, 1.54) is 0 Å². The molecule has 4 heteroatoms. The van der Waals surface area contributed by atoms with Crippen LogP contribution >= 0.6 is 0 Å². The van der Waals surface area contributed by atoms with Crippen molar-refractivity contribution in [1.82, 2.24) is 0 Å². The van der Waals surface area contributed by atoms with Gasteiger partial charge in [-0.05, 0) is 5.56 Å². The van der Waals surface area contributed by atoms with Crippen molar-refractivity contribution in [1.29, 1.82) is 0 Å². The van der Waals surface area contributed by atoms with Gasteiger partial charge in [-0.1, -0.05) is 42.5 Å². The molecule has 1 aromatic rings. The summed E-state index contributed by atoms with van der Waals surface area (Å²) >= 11 is 0. The Hall–Kier alpha value is -1.65. The Kier molecular flexibility index (Phi) is 4.50. The van der Waals surface area contributed by atoms with Gasteiger partial charge < -0.3 is 14.2 Å². The molecule has 0 radical (unpaired) electrons. The number of benzene rings is 1. The van der Waals surface area contributed by atoms with Crippen molar-refractivity contribution in [2.75, 3.05) is 20.5 Å². The average Bonchev–Trinajstić information content (AvgIpc) is 2.41. The van der Waals surface area contributed by atoms with Crippen molar-refractivity contribution >= 4 is 5.97 Å². The first-order chi connectivity index (χ1) is 8.83. The molecular formula is C14H16O4. The second-order valence-electron chi connectivity index (χ2n) is 4.00. The SMILES string of the molecule is COCOC/C=C/C1C(=O)OC1c1ccccc1. The quantitative estimate of drug-likeness (QED) is 0.334. The van der Waals surface area contributed by atoms with Gasteiger partial charge in [0.2, 0.25) is 0 Å². The minimum atomic E-state index is -0.210. The maximum atomic E-state index is 11.4. The van der Waals surface area contributed by atoms with Crippen LogP contribution in [0.2, 0.25) is 0 Å². The average molecular weight is 248 g/mol. The third-order valence-corrected chi connectivity index (χ3v) is 2.73. The topological polar surface area (TPSA) is 44.8 Å². The molecule has 0 saturated carbocycles. The highest BCUT2D eigenvalue weighted by Gasteiger charge is 2.41. The highest BCUT2D eigenvalue weighted by Crippen LogP contribution is 2.37. The number of hydrogen-bond acceptors (Lipinski definition) is 4. The second-order valence-corrected chi connectivity index (χ2v) is 4.00. The van der Waals surface area contributed by atoms with Crippen molar-refractivity contribution < 1.29 is 19.0 Å². The molecule has 1 heterocycles. The Morgan fingerprint density at radius 3 is 2.78 bits per heavy atom. The van der Waals surface area contributed by atoms with Gasteiger partial charge in [-0.3, -0.25) is 4.79 Å². The third-order valence-electron chi connectivity index (χ3n) is 2.73. The first-order valence-electron chi connectivity index (χ1n) is 5.81. The zero-order valence-electron chi connectivity index (χ0n) is 10.2. The van der Waals surface area contributed by atoms with Crippen LogP contribution in [0.4, 0.5) is 0 Å². The first-order valence-corrected chi connectivity index (χ1v) is 5.81. The van der Waals surface area contributed by atoms with Crippen molar-refractivity contribution in [3.8, 4) is 0 Å². The van der Waals surface area contributed by atoms with E-state index in [-0.39, 0.29) is 24.8 Å². The summed E-state index contributed by atoms with van der Waals surface area (Å²) in [6, 6.07) is 9.72. The lowest BCUT2D eigenvalue weighted by Crippen LogP contribution is -2.37. The molecule has 18 heavy (non-hydrogen) atoms. The van der Waals surface area contributed by atoms with Crippen LogP contribution in [0.15, 0.2) is 42.5 Å². The highest BCUT2D eigenvalue weighted by atomic mass is 16.7. The highest BCUT2D eigenvalue weighted by molar-refractivity contribution is 5.81. The Morgan fingerprint density at radius 2 is 2.11 bits per heavy atom. The molecule has 0 spiro atoms. The summed E-state index contributed by atoms with van der Waals surface area (Å²) in [6.45, 7) is 0.681. The van der Waals surface area contributed by atoms with Crippen molar-refractivity contribution in [2.45, 2.75) is 6.10 Å². The van der Waals surface area contributed by atoms with Crippen LogP contribution in [0, 0.1) is 5.92 Å². The maximum absolute atomic E-state index is 11.4. The second kappa shape index (κ2) is 6.33. The van der Waals surface area contributed by atoms with Gasteiger partial charge in [-0.15, -0.1) is 0 Å². The summed E-state index contributed by atoms with van der Waals surface area (Å²) < 4.78 is 15.0. The predicted octanol–water partition coefficient (Wildman–Crippen LogP) is 2.08. The van der Waals surface area contributed by atoms with Gasteiger partial charge in [0.05, 0.1) is 6.61 Å². The first kappa shape index (κ1) is 12.8. The number of carbonyl (C=O) groups excluding carboxylic acids is 1. The lowest BCUT2D eigenvalue weighted by atomic mass is 9.90. The lowest BCUT2D eigenvalue weighted by Gasteiger charge is -2.33. The minimum Gasteiger partial charge on any atom is -0.456 e. The molecule has 2 atom stereocenters. The molecule has 1 saturated heterocycles. The molecule has 2 rings (SSSR count). The number of ether oxygens (including phenoxy) is 3. The predicted molar refractivity (Wildman–Crippen MR) is 65.7 cm³/mol. The number of hydrogen-bond donors (Lipinski definition) is 0. The van der Waals surface area contributed by atoms with E-state index in [4.69, 9.17) is 14.2 Å². The molecule has 1 aromatic carbocycles. The number of cyclic esters (lactones) is 1. The van der Waals surface area contributed by atoms with Crippen LogP contribution in [0.5, 0.6) is 0 Å². The summed E-state index contributed by atoms with van der Waals surface area (Å²) in [4.78, 5) is 11.4. The zero-order chi connectivity index (χ0) is 12.8. The Balaban J connectivity index is 1.89. The fraction of sp³-hybridized carbons (Fsp3) is 0.357. The lowest BCUT2D eigenvalue weighted by molar-refractivity contribution is -0.180. The molecule has 4 nitrogen and oxygen atoms in total. The molecule has 0 aliphatic carbocycles. The number of carbonyl (C=O) groups is 1. The van der Waals surface area contributed by atoms with Gasteiger partial charge in [-0.2, -0.15) is 0 Å². The molecule has 1 aliphatic rings. The van der Waals surface area contributed by atoms with Crippen molar-refractivity contribution in [2.24, 2.45) is 5.92 Å². The van der Waals surface area contributed by atoms with Crippen LogP contribution in [-0.2, 0) is 19.0 Å². The zero-order valence-corrected chi connectivity index (χ0v) is 10.2. The molecular weight excluding hydrogens is 232 g/mol. The van der Waals surface area contributed by atoms with E-state index in [0.29, 0.717) is 6.61 Å². The molecule has 1 aliphatic heterocycles. The normalized spacial score (nSPS) is 22.8. The van der Waals surface area contributed by atoms with E-state index in [1.54, 1.807) is 7.11 Å². The summed E-state index contributed by atoms with van der Waals surface area (Å²) in [7, 11) is 1.57. The minimum absolute atomic E-state index is 0.169. The summed E-state index contributed by atoms with van der Waals surface area (Å²) in [5.74, 6) is -0.398. The van der Waals surface area contributed by atoms with Gasteiger partial charge in [0.15, 0.2) is 0 Å². The fourth-order valence-corrected chi connectivity index (χ4v) is 1.83. The van der Waals surface area contributed by atoms with Gasteiger partial charge >= 0.3 is 5.97 Å². The molecule has 0 amide bonds. The Morgan fingerprint density at radius 1 is 1.33 bits per heavy atom. The summed E-state index contributed by atoms with van der Waals surface area (Å²) in [5.41, 5.74) is 1.02. The van der Waals surface area contributed by atoms with E-state index in [0.717, 1.165) is 5.56 Å². The van der Waals surface area contributed by atoms with E-state index in [1.807, 2.05) is 42.5 Å². The number of esters is 1. The van der Waals surface area contributed by atoms with Gasteiger partial charge in [-0.25, -0.2) is 0 Å². The van der Waals surface area contributed by atoms with Gasteiger partial charge in [0.25, 0.3) is 0 Å². The molecule has 0 N–H and O–H groups in total. The fourth-order valence-electron chi connectivity index (χ4n) is 1.83. The van der Waals surface area contributed by atoms with Crippen LogP contribution in [0.1, 0.15) is 11.7 Å². The van der Waals surface area contributed by atoms with E-state index < -0.39 is 0 Å². The van der Waals surface area contributed by atoms with Crippen LogP contribution in [0.3, 0.4) is 0 Å². The Labute approximate surface area is 106 Å². The van der Waals surface area contributed by atoms with E-state index in [2.05, 4.69) is 0 Å². The largest absolute Gasteiger partial charge is 0.456 e. The number of methoxy groups -OCH3 is 1. The van der Waals surface area contributed by atoms with E-state index >= 15 is 0 Å². The van der Waals surface area contributed by atoms with Crippen LogP contribution in [-0.4, -0.2) is 26.5 Å². The monoisotopic (exact) mass is 248 g/mol. The molecule has 2 unspecified atom stereocenters. The van der Waals surface area contributed by atoms with Gasteiger partial charge in [0, 0.05) is 7.11 Å². The molecule has 1 fully saturated rings. The van der Waals surface area contributed by atoms with E-state index in [9.17, 15) is 4.79 Å². The third kappa shape index (κ3) is 2.97. The van der Waals surface area contributed by atoms with Gasteiger partial charge in [0.1, 0.15) is 18.8 Å². The van der Waals surface area contributed by atoms with Crippen molar-refractivity contribution in [3.05, 3.63) is 48.0 Å². The van der Waals surface area contributed by atoms with Crippen molar-refractivity contribution in [3.63, 3.8) is 0 Å². The molecule has 0 bridgehead atoms. The molecule has 0 aromatic heterocycles. The van der Waals surface area contributed by atoms with Crippen LogP contribution < -0.4 is 0 Å².